The minimum Gasteiger partial charge on any atom is -0.308 e. The molecule has 4 aromatic heterocycles. The number of nitriles is 4. The molecule has 8 heteroatoms. The van der Waals surface area contributed by atoms with E-state index < -0.39 is 0 Å². The van der Waals surface area contributed by atoms with Gasteiger partial charge in [-0.15, -0.1) is 0 Å². The summed E-state index contributed by atoms with van der Waals surface area (Å²) >= 11 is 0. The van der Waals surface area contributed by atoms with Gasteiger partial charge in [0.25, 0.3) is 0 Å². The summed E-state index contributed by atoms with van der Waals surface area (Å²) in [6.07, 6.45) is 0. The standard InChI is InChI=1S/C112H66N8/c113-67-71-23-21-37-79(53-71)87-61-108(117-101-40-20-19-39-89(101)95-55-81(44-50-102(95)117)73-25-7-1-8-26-73)99(69-115)109(62-87)118-103-51-45-82(74-27-9-2-10-28-74)56-96(103)97-57-86(46-52-104(97)118)93-65-98-92-49-43-85(77-33-15-5-16-34-77)60-107(92)120(112(98)66-94(93)78-35-17-6-18-36-78)111-64-88(80-38-22-24-72(54-80)68-114)63-110(100(111)70-116)119-105-58-83(75-29-11-3-12-30-75)41-47-90(105)91-48-42-84(59-106(91)119)76-31-13-4-14-32-76/h1-66H. The lowest BCUT2D eigenvalue weighted by molar-refractivity contribution is 1.12. The maximum absolute atomic E-state index is 12.6. The maximum atomic E-state index is 12.6. The molecule has 22 rings (SSSR count). The molecule has 0 saturated carbocycles. The van der Waals surface area contributed by atoms with E-state index in [4.69, 9.17) is 0 Å². The predicted octanol–water partition coefficient (Wildman–Crippen LogP) is 28.6. The molecule has 0 amide bonds. The Balaban J connectivity index is 0.820. The average molecular weight is 1520 g/mol. The topological polar surface area (TPSA) is 115 Å². The van der Waals surface area contributed by atoms with Crippen LogP contribution in [0.2, 0.25) is 0 Å². The third-order valence-corrected chi connectivity index (χ3v) is 24.1. The van der Waals surface area contributed by atoms with Crippen LogP contribution in [0.3, 0.4) is 0 Å². The molecule has 0 spiro atoms. The molecule has 4 heterocycles. The van der Waals surface area contributed by atoms with Crippen LogP contribution in [0.4, 0.5) is 0 Å². The lowest BCUT2D eigenvalue weighted by Crippen LogP contribution is -2.05. The van der Waals surface area contributed by atoms with Gasteiger partial charge in [0.05, 0.1) is 90.1 Å². The lowest BCUT2D eigenvalue weighted by atomic mass is 9.91. The summed E-state index contributed by atoms with van der Waals surface area (Å²) in [5, 5.41) is 54.1. The van der Waals surface area contributed by atoms with Crippen molar-refractivity contribution in [1.82, 2.24) is 18.3 Å². The van der Waals surface area contributed by atoms with E-state index in [0.29, 0.717) is 45.0 Å². The third-order valence-electron chi connectivity index (χ3n) is 24.1. The molecular weight excluding hydrogens is 1460 g/mol. The van der Waals surface area contributed by atoms with Crippen molar-refractivity contribution in [1.29, 1.82) is 21.0 Å². The molecule has 0 atom stereocenters. The van der Waals surface area contributed by atoms with Crippen molar-refractivity contribution < 1.29 is 0 Å². The number of nitrogens with zero attached hydrogens (tertiary/aromatic N) is 8. The Hall–Kier alpha value is -16.9. The fraction of sp³-hybridized carbons (Fsp3) is 0. The van der Waals surface area contributed by atoms with Crippen LogP contribution in [0.25, 0.3) is 210 Å². The summed E-state index contributed by atoms with van der Waals surface area (Å²) in [4.78, 5) is 0. The summed E-state index contributed by atoms with van der Waals surface area (Å²) in [5.74, 6) is 0. The first-order valence-corrected chi connectivity index (χ1v) is 40.2. The second kappa shape index (κ2) is 28.6. The van der Waals surface area contributed by atoms with Gasteiger partial charge in [0.2, 0.25) is 0 Å². The van der Waals surface area contributed by atoms with Gasteiger partial charge in [-0.05, 0) is 221 Å². The highest BCUT2D eigenvalue weighted by Crippen LogP contribution is 2.49. The van der Waals surface area contributed by atoms with Crippen molar-refractivity contribution in [3.63, 3.8) is 0 Å². The number of aromatic nitrogens is 4. The Morgan fingerprint density at radius 3 is 0.808 bits per heavy atom. The quantitative estimate of drug-likeness (QED) is 0.114. The van der Waals surface area contributed by atoms with E-state index in [-0.39, 0.29) is 0 Å². The molecule has 0 unspecified atom stereocenters. The van der Waals surface area contributed by atoms with E-state index in [2.05, 4.69) is 370 Å². The molecule has 0 aliphatic carbocycles. The average Bonchev–Trinajstić information content (AvgIpc) is 1.57. The summed E-state index contributed by atoms with van der Waals surface area (Å²) < 4.78 is 9.15. The van der Waals surface area contributed by atoms with Gasteiger partial charge in [-0.2, -0.15) is 21.0 Å². The van der Waals surface area contributed by atoms with Crippen LogP contribution in [0.1, 0.15) is 22.3 Å². The van der Waals surface area contributed by atoms with Gasteiger partial charge in [0.1, 0.15) is 23.3 Å². The van der Waals surface area contributed by atoms with Crippen LogP contribution < -0.4 is 0 Å². The molecule has 18 aromatic carbocycles. The Kier molecular flexibility index (Phi) is 16.6. The molecule has 0 aliphatic rings. The van der Waals surface area contributed by atoms with E-state index in [1.165, 1.54) is 0 Å². The van der Waals surface area contributed by atoms with Crippen LogP contribution in [-0.2, 0) is 0 Å². The molecule has 22 aromatic rings. The maximum Gasteiger partial charge on any atom is 0.104 e. The van der Waals surface area contributed by atoms with E-state index >= 15 is 0 Å². The molecule has 0 radical (unpaired) electrons. The number of hydrogen-bond donors (Lipinski definition) is 0. The van der Waals surface area contributed by atoms with Crippen molar-refractivity contribution in [3.05, 3.63) is 423 Å². The SMILES string of the molecule is N#Cc1cccc(-c2cc(-n3c4ccccc4c4cc(-c5ccccc5)ccc43)c(C#N)c(-n3c4ccc(-c5ccccc5)cc4c4cc(-c5cc6c7ccc(-c8ccccc8)cc7n(-c7cc(-c8cccc(C#N)c8)cc(-n8c9cc(-c%10ccccc%10)ccc9c9ccc(-c%10ccccc%10)cc98)c7C#N)c6cc5-c5ccccc5)ccc43)c2)c1. The molecule has 0 bridgehead atoms. The van der Waals surface area contributed by atoms with E-state index in [0.717, 1.165) is 187 Å². The molecule has 0 N–H and O–H groups in total. The number of para-hydroxylation sites is 1. The Morgan fingerprint density at radius 2 is 0.417 bits per heavy atom. The highest BCUT2D eigenvalue weighted by Gasteiger charge is 2.29. The van der Waals surface area contributed by atoms with Crippen molar-refractivity contribution in [3.8, 4) is 147 Å². The van der Waals surface area contributed by atoms with Gasteiger partial charge < -0.3 is 18.3 Å². The zero-order valence-corrected chi connectivity index (χ0v) is 64.7. The van der Waals surface area contributed by atoms with E-state index in [1.807, 2.05) is 72.8 Å². The molecule has 0 saturated heterocycles. The Morgan fingerprint density at radius 1 is 0.150 bits per heavy atom. The van der Waals surface area contributed by atoms with Gasteiger partial charge in [0.15, 0.2) is 0 Å². The molecule has 0 aliphatic heterocycles. The Labute approximate surface area is 691 Å². The molecule has 554 valence electrons. The van der Waals surface area contributed by atoms with Crippen molar-refractivity contribution in [2.24, 2.45) is 0 Å². The van der Waals surface area contributed by atoms with Gasteiger partial charge in [-0.3, -0.25) is 0 Å². The summed E-state index contributed by atoms with van der Waals surface area (Å²) in [7, 11) is 0. The second-order valence-corrected chi connectivity index (χ2v) is 30.7. The van der Waals surface area contributed by atoms with Gasteiger partial charge >= 0.3 is 0 Å². The molecule has 8 nitrogen and oxygen atoms in total. The fourth-order valence-electron chi connectivity index (χ4n) is 18.5. The van der Waals surface area contributed by atoms with Crippen molar-refractivity contribution >= 4 is 87.2 Å². The normalized spacial score (nSPS) is 11.5. The minimum absolute atomic E-state index is 0.454. The highest BCUT2D eigenvalue weighted by molar-refractivity contribution is 6.18. The van der Waals surface area contributed by atoms with Crippen molar-refractivity contribution in [2.75, 3.05) is 0 Å². The third kappa shape index (κ3) is 11.6. The van der Waals surface area contributed by atoms with Gasteiger partial charge in [-0.25, -0.2) is 0 Å². The smallest absolute Gasteiger partial charge is 0.104 e. The van der Waals surface area contributed by atoms with Crippen LogP contribution in [0, 0.1) is 45.3 Å². The summed E-state index contributed by atoms with van der Waals surface area (Å²) in [5.41, 5.74) is 29.9. The highest BCUT2D eigenvalue weighted by atomic mass is 15.0. The first kappa shape index (κ1) is 69.8. The molecule has 0 fully saturated rings. The van der Waals surface area contributed by atoms with Crippen molar-refractivity contribution in [2.45, 2.75) is 0 Å². The zero-order valence-electron chi connectivity index (χ0n) is 64.7. The van der Waals surface area contributed by atoms with E-state index in [9.17, 15) is 21.0 Å². The summed E-state index contributed by atoms with van der Waals surface area (Å²) in [6, 6.07) is 151. The van der Waals surface area contributed by atoms with Crippen LogP contribution in [0.15, 0.2) is 400 Å². The lowest BCUT2D eigenvalue weighted by Gasteiger charge is -2.20. The number of rotatable bonds is 13. The number of hydrogen-bond acceptors (Lipinski definition) is 4. The number of fused-ring (bicyclic) bond motifs is 12. The Bertz CT molecular complexity index is 8070. The first-order valence-electron chi connectivity index (χ1n) is 40.2. The first-order chi connectivity index (χ1) is 59.3. The predicted molar refractivity (Wildman–Crippen MR) is 492 cm³/mol. The molecular formula is C112H66N8. The fourth-order valence-corrected chi connectivity index (χ4v) is 18.5. The minimum atomic E-state index is 0.454. The van der Waals surface area contributed by atoms with Gasteiger partial charge in [-0.1, -0.05) is 279 Å². The second-order valence-electron chi connectivity index (χ2n) is 30.7. The molecule has 120 heavy (non-hydrogen) atoms. The largest absolute Gasteiger partial charge is 0.308 e. The van der Waals surface area contributed by atoms with E-state index in [1.54, 1.807) is 0 Å². The zero-order chi connectivity index (χ0) is 80.1. The van der Waals surface area contributed by atoms with Crippen LogP contribution in [-0.4, -0.2) is 18.3 Å². The number of benzene rings is 18. The summed E-state index contributed by atoms with van der Waals surface area (Å²) in [6.45, 7) is 0. The van der Waals surface area contributed by atoms with Gasteiger partial charge in [0, 0.05) is 43.1 Å². The van der Waals surface area contributed by atoms with Crippen LogP contribution >= 0.6 is 0 Å². The monoisotopic (exact) mass is 1520 g/mol. The van der Waals surface area contributed by atoms with Crippen LogP contribution in [0.5, 0.6) is 0 Å².